The Kier molecular flexibility index (Phi) is 5.85. The minimum Gasteiger partial charge on any atom is -0.507 e. The molecule has 7 nitrogen and oxygen atoms in total. The minimum absolute atomic E-state index is 0.114. The molecule has 0 fully saturated rings. The van der Waals surface area contributed by atoms with Gasteiger partial charge in [-0.2, -0.15) is 5.26 Å². The van der Waals surface area contributed by atoms with Crippen LogP contribution < -0.4 is 20.1 Å². The lowest BCUT2D eigenvalue weighted by atomic mass is 10.1. The fraction of sp³-hybridized carbons (Fsp3) is 0.0909. The first-order chi connectivity index (χ1) is 14.1. The minimum atomic E-state index is -0.580. The molecular formula is C22H19N3O4. The molecule has 0 aliphatic heterocycles. The number of carbonyl (C=O) groups excluding carboxylic acids is 1. The van der Waals surface area contributed by atoms with Gasteiger partial charge in [0.15, 0.2) is 0 Å². The number of rotatable bonds is 6. The molecule has 0 saturated carbocycles. The zero-order valence-electron chi connectivity index (χ0n) is 15.9. The first kappa shape index (κ1) is 19.6. The van der Waals surface area contributed by atoms with Crippen molar-refractivity contribution in [2.45, 2.75) is 0 Å². The van der Waals surface area contributed by atoms with Crippen molar-refractivity contribution < 1.29 is 19.4 Å². The zero-order chi connectivity index (χ0) is 20.8. The lowest BCUT2D eigenvalue weighted by Gasteiger charge is -2.11. The predicted molar refractivity (Wildman–Crippen MR) is 111 cm³/mol. The lowest BCUT2D eigenvalue weighted by Crippen LogP contribution is -2.14. The second-order valence-electron chi connectivity index (χ2n) is 6.01. The first-order valence-corrected chi connectivity index (χ1v) is 8.68. The van der Waals surface area contributed by atoms with Crippen LogP contribution >= 0.6 is 0 Å². The molecule has 0 heterocycles. The number of hydrogen-bond donors (Lipinski definition) is 3. The molecule has 0 saturated heterocycles. The van der Waals surface area contributed by atoms with Gasteiger partial charge in [-0.1, -0.05) is 24.3 Å². The van der Waals surface area contributed by atoms with Gasteiger partial charge in [0.1, 0.15) is 28.9 Å². The third kappa shape index (κ3) is 4.22. The van der Waals surface area contributed by atoms with Gasteiger partial charge in [0.25, 0.3) is 5.91 Å². The number of benzene rings is 3. The Morgan fingerprint density at radius 1 is 1.03 bits per heavy atom. The molecule has 0 atom stereocenters. The maximum Gasteiger partial charge on any atom is 0.267 e. The number of phenolic OH excluding ortho intramolecular Hbond substituents is 1. The molecule has 0 unspecified atom stereocenters. The van der Waals surface area contributed by atoms with E-state index >= 15 is 0 Å². The maximum absolute atomic E-state index is 12.6. The molecule has 0 aromatic heterocycles. The van der Waals surface area contributed by atoms with E-state index in [1.807, 2.05) is 6.07 Å². The molecule has 0 aliphatic rings. The molecule has 3 aromatic rings. The highest BCUT2D eigenvalue weighted by atomic mass is 16.5. The molecule has 3 N–H and O–H groups in total. The maximum atomic E-state index is 12.6. The van der Waals surface area contributed by atoms with E-state index in [9.17, 15) is 15.2 Å². The Labute approximate surface area is 167 Å². The van der Waals surface area contributed by atoms with E-state index in [4.69, 9.17) is 9.47 Å². The summed E-state index contributed by atoms with van der Waals surface area (Å²) >= 11 is 0. The molecule has 146 valence electrons. The standard InChI is InChI=1S/C22H19N3O4/c1-28-15-9-10-19(21(11-15)29-2)24-13-14(12-23)22(27)25-18-7-3-6-17-16(18)5-4-8-20(17)26/h3-11,13,24,26H,1-2H3,(H,25,27)/b14-13-. The van der Waals surface area contributed by atoms with Gasteiger partial charge in [-0.15, -0.1) is 0 Å². The number of anilines is 2. The number of amides is 1. The van der Waals surface area contributed by atoms with Crippen LogP contribution in [0.4, 0.5) is 11.4 Å². The highest BCUT2D eigenvalue weighted by Crippen LogP contribution is 2.31. The normalized spacial score (nSPS) is 10.9. The van der Waals surface area contributed by atoms with Crippen molar-refractivity contribution >= 4 is 28.1 Å². The zero-order valence-corrected chi connectivity index (χ0v) is 15.9. The molecule has 7 heteroatoms. The van der Waals surface area contributed by atoms with Crippen LogP contribution in [0.15, 0.2) is 66.4 Å². The van der Waals surface area contributed by atoms with E-state index in [-0.39, 0.29) is 11.3 Å². The molecule has 0 bridgehead atoms. The van der Waals surface area contributed by atoms with Crippen molar-refractivity contribution in [1.82, 2.24) is 0 Å². The number of carbonyl (C=O) groups is 1. The monoisotopic (exact) mass is 389 g/mol. The van der Waals surface area contributed by atoms with Crippen LogP contribution in [0.25, 0.3) is 10.8 Å². The van der Waals surface area contributed by atoms with Gasteiger partial charge >= 0.3 is 0 Å². The van der Waals surface area contributed by atoms with Gasteiger partial charge in [0, 0.05) is 28.7 Å². The highest BCUT2D eigenvalue weighted by molar-refractivity contribution is 6.11. The summed E-state index contributed by atoms with van der Waals surface area (Å²) in [5.41, 5.74) is 0.940. The smallest absolute Gasteiger partial charge is 0.267 e. The van der Waals surface area contributed by atoms with Crippen LogP contribution in [-0.2, 0) is 4.79 Å². The number of nitriles is 1. The molecule has 29 heavy (non-hydrogen) atoms. The Morgan fingerprint density at radius 3 is 2.52 bits per heavy atom. The van der Waals surface area contributed by atoms with Crippen molar-refractivity contribution in [3.8, 4) is 23.3 Å². The van der Waals surface area contributed by atoms with E-state index in [0.717, 1.165) is 0 Å². The fourth-order valence-electron chi connectivity index (χ4n) is 2.81. The summed E-state index contributed by atoms with van der Waals surface area (Å²) in [7, 11) is 3.06. The van der Waals surface area contributed by atoms with E-state index in [2.05, 4.69) is 10.6 Å². The van der Waals surface area contributed by atoms with Gasteiger partial charge in [0.05, 0.1) is 19.9 Å². The lowest BCUT2D eigenvalue weighted by molar-refractivity contribution is -0.112. The predicted octanol–water partition coefficient (Wildman–Crippen LogP) is 4.02. The number of nitrogens with one attached hydrogen (secondary N) is 2. The van der Waals surface area contributed by atoms with Crippen LogP contribution in [0.1, 0.15) is 0 Å². The van der Waals surface area contributed by atoms with Gasteiger partial charge < -0.3 is 25.2 Å². The van der Waals surface area contributed by atoms with E-state index in [0.29, 0.717) is 33.6 Å². The van der Waals surface area contributed by atoms with Crippen molar-refractivity contribution in [2.24, 2.45) is 0 Å². The second-order valence-corrected chi connectivity index (χ2v) is 6.01. The van der Waals surface area contributed by atoms with Crippen LogP contribution in [-0.4, -0.2) is 25.2 Å². The summed E-state index contributed by atoms with van der Waals surface area (Å²) in [6.45, 7) is 0. The van der Waals surface area contributed by atoms with E-state index in [1.165, 1.54) is 13.3 Å². The summed E-state index contributed by atoms with van der Waals surface area (Å²) in [5, 5.41) is 26.3. The van der Waals surface area contributed by atoms with Gasteiger partial charge in [-0.3, -0.25) is 4.79 Å². The van der Waals surface area contributed by atoms with Crippen LogP contribution in [0.5, 0.6) is 17.2 Å². The largest absolute Gasteiger partial charge is 0.507 e. The molecule has 3 aromatic carbocycles. The Morgan fingerprint density at radius 2 is 1.79 bits per heavy atom. The van der Waals surface area contributed by atoms with Gasteiger partial charge in [0.2, 0.25) is 0 Å². The fourth-order valence-corrected chi connectivity index (χ4v) is 2.81. The molecule has 0 radical (unpaired) electrons. The molecule has 0 spiro atoms. The Bertz CT molecular complexity index is 1130. The average molecular weight is 389 g/mol. The Balaban J connectivity index is 1.83. The number of hydrogen-bond acceptors (Lipinski definition) is 6. The summed E-state index contributed by atoms with van der Waals surface area (Å²) in [5.74, 6) is 0.655. The first-order valence-electron chi connectivity index (χ1n) is 8.68. The van der Waals surface area contributed by atoms with Crippen molar-refractivity contribution in [1.29, 1.82) is 5.26 Å². The highest BCUT2D eigenvalue weighted by Gasteiger charge is 2.13. The molecule has 3 rings (SSSR count). The molecule has 1 amide bonds. The van der Waals surface area contributed by atoms with E-state index in [1.54, 1.807) is 61.7 Å². The second kappa shape index (κ2) is 8.67. The third-order valence-electron chi connectivity index (χ3n) is 4.29. The molecular weight excluding hydrogens is 370 g/mol. The SMILES string of the molecule is COc1ccc(N/C=C(/C#N)C(=O)Nc2cccc3c(O)cccc23)c(OC)c1. The van der Waals surface area contributed by atoms with Crippen LogP contribution in [0.2, 0.25) is 0 Å². The number of fused-ring (bicyclic) bond motifs is 1. The number of aromatic hydroxyl groups is 1. The van der Waals surface area contributed by atoms with Crippen molar-refractivity contribution in [2.75, 3.05) is 24.9 Å². The van der Waals surface area contributed by atoms with Gasteiger partial charge in [-0.25, -0.2) is 0 Å². The summed E-state index contributed by atoms with van der Waals surface area (Å²) in [6.07, 6.45) is 1.31. The Hall–Kier alpha value is -4.18. The summed E-state index contributed by atoms with van der Waals surface area (Å²) < 4.78 is 10.4. The number of methoxy groups -OCH3 is 2. The molecule has 0 aliphatic carbocycles. The third-order valence-corrected chi connectivity index (χ3v) is 4.29. The topological polar surface area (TPSA) is 104 Å². The summed E-state index contributed by atoms with van der Waals surface area (Å²) in [4.78, 5) is 12.6. The average Bonchev–Trinajstić information content (AvgIpc) is 2.75. The number of ether oxygens (including phenoxy) is 2. The van der Waals surface area contributed by atoms with Crippen molar-refractivity contribution in [3.63, 3.8) is 0 Å². The van der Waals surface area contributed by atoms with Crippen molar-refractivity contribution in [3.05, 3.63) is 66.4 Å². The number of nitrogens with zero attached hydrogens (tertiary/aromatic N) is 1. The van der Waals surface area contributed by atoms with Crippen LogP contribution in [0, 0.1) is 11.3 Å². The van der Waals surface area contributed by atoms with Gasteiger partial charge in [-0.05, 0) is 24.3 Å². The van der Waals surface area contributed by atoms with E-state index < -0.39 is 5.91 Å². The van der Waals surface area contributed by atoms with Crippen LogP contribution in [0.3, 0.4) is 0 Å². The quantitative estimate of drug-likeness (QED) is 0.435. The number of phenols is 1. The summed E-state index contributed by atoms with van der Waals surface area (Å²) in [6, 6.07) is 17.2.